The minimum Gasteiger partial charge on any atom is -0.391 e. The number of imidazole rings is 1. The Morgan fingerprint density at radius 1 is 1.19 bits per heavy atom. The van der Waals surface area contributed by atoms with Crippen molar-refractivity contribution < 1.29 is 5.11 Å². The first-order chi connectivity index (χ1) is 12.8. The van der Waals surface area contributed by atoms with E-state index in [1.54, 1.807) is 0 Å². The van der Waals surface area contributed by atoms with Crippen molar-refractivity contribution >= 4 is 17.1 Å². The zero-order valence-electron chi connectivity index (χ0n) is 14.5. The number of para-hydroxylation sites is 2. The van der Waals surface area contributed by atoms with Crippen LogP contribution in [-0.4, -0.2) is 20.8 Å². The monoisotopic (exact) mass is 347 g/mol. The third-order valence-corrected chi connectivity index (χ3v) is 5.04. The fourth-order valence-electron chi connectivity index (χ4n) is 3.87. The van der Waals surface area contributed by atoms with E-state index in [0.717, 1.165) is 17.5 Å². The van der Waals surface area contributed by atoms with Gasteiger partial charge < -0.3 is 9.67 Å². The largest absolute Gasteiger partial charge is 0.391 e. The SMILES string of the molecule is O=NCc1nc2ccccc2n1CC(O)CC1CC=Cc2ccccc21. The number of rotatable bonds is 6. The van der Waals surface area contributed by atoms with E-state index in [2.05, 4.69) is 40.5 Å². The van der Waals surface area contributed by atoms with E-state index in [-0.39, 0.29) is 6.54 Å². The van der Waals surface area contributed by atoms with Gasteiger partial charge in [-0.1, -0.05) is 53.7 Å². The molecule has 0 amide bonds. The Kier molecular flexibility index (Phi) is 4.63. The summed E-state index contributed by atoms with van der Waals surface area (Å²) in [5.74, 6) is 0.901. The Bertz CT molecular complexity index is 961. The molecule has 1 N–H and O–H groups in total. The maximum atomic E-state index is 10.8. The number of aromatic nitrogens is 2. The van der Waals surface area contributed by atoms with Gasteiger partial charge in [0.15, 0.2) is 0 Å². The van der Waals surface area contributed by atoms with Crippen LogP contribution in [0, 0.1) is 4.91 Å². The van der Waals surface area contributed by atoms with Crippen LogP contribution in [0.1, 0.15) is 35.7 Å². The topological polar surface area (TPSA) is 67.5 Å². The number of nitroso groups, excluding NO2 is 1. The van der Waals surface area contributed by atoms with Crippen LogP contribution in [0.5, 0.6) is 0 Å². The van der Waals surface area contributed by atoms with Crippen molar-refractivity contribution in [3.63, 3.8) is 0 Å². The molecule has 0 aliphatic heterocycles. The molecule has 0 spiro atoms. The van der Waals surface area contributed by atoms with E-state index in [1.807, 2.05) is 34.9 Å². The zero-order valence-corrected chi connectivity index (χ0v) is 14.5. The first-order valence-corrected chi connectivity index (χ1v) is 8.93. The number of aliphatic hydroxyl groups excluding tert-OH is 1. The minimum atomic E-state index is -0.525. The Balaban J connectivity index is 1.56. The molecule has 0 bridgehead atoms. The van der Waals surface area contributed by atoms with Gasteiger partial charge in [0.1, 0.15) is 12.4 Å². The van der Waals surface area contributed by atoms with E-state index in [9.17, 15) is 10.0 Å². The van der Waals surface area contributed by atoms with E-state index in [4.69, 9.17) is 0 Å². The predicted molar refractivity (Wildman–Crippen MR) is 103 cm³/mol. The number of hydrogen-bond donors (Lipinski definition) is 1. The van der Waals surface area contributed by atoms with Crippen molar-refractivity contribution in [2.45, 2.75) is 38.0 Å². The third-order valence-electron chi connectivity index (χ3n) is 5.04. The summed E-state index contributed by atoms with van der Waals surface area (Å²) in [6.07, 6.45) is 5.40. The third kappa shape index (κ3) is 3.18. The molecule has 1 aromatic heterocycles. The quantitative estimate of drug-likeness (QED) is 0.678. The highest BCUT2D eigenvalue weighted by Crippen LogP contribution is 2.33. The molecule has 4 rings (SSSR count). The van der Waals surface area contributed by atoms with Gasteiger partial charge in [-0.25, -0.2) is 4.98 Å². The highest BCUT2D eigenvalue weighted by Gasteiger charge is 2.21. The van der Waals surface area contributed by atoms with Crippen LogP contribution >= 0.6 is 0 Å². The van der Waals surface area contributed by atoms with E-state index < -0.39 is 6.10 Å². The molecule has 5 nitrogen and oxygen atoms in total. The Morgan fingerprint density at radius 3 is 2.88 bits per heavy atom. The van der Waals surface area contributed by atoms with E-state index in [1.165, 1.54) is 11.1 Å². The number of aliphatic hydroxyl groups is 1. The molecule has 0 saturated heterocycles. The molecule has 0 saturated carbocycles. The van der Waals surface area contributed by atoms with Gasteiger partial charge in [0.2, 0.25) is 0 Å². The van der Waals surface area contributed by atoms with Crippen LogP contribution in [0.2, 0.25) is 0 Å². The number of allylic oxidation sites excluding steroid dienone is 1. The van der Waals surface area contributed by atoms with Crippen molar-refractivity contribution in [2.24, 2.45) is 5.18 Å². The van der Waals surface area contributed by atoms with Gasteiger partial charge in [0.25, 0.3) is 0 Å². The fourth-order valence-corrected chi connectivity index (χ4v) is 3.87. The molecule has 5 heteroatoms. The summed E-state index contributed by atoms with van der Waals surface area (Å²) in [7, 11) is 0. The molecule has 2 aromatic carbocycles. The lowest BCUT2D eigenvalue weighted by molar-refractivity contribution is 0.135. The maximum absolute atomic E-state index is 10.8. The van der Waals surface area contributed by atoms with E-state index >= 15 is 0 Å². The Labute approximate surface area is 152 Å². The predicted octanol–water partition coefficient (Wildman–Crippen LogP) is 4.25. The van der Waals surface area contributed by atoms with Crippen LogP contribution < -0.4 is 0 Å². The average molecular weight is 347 g/mol. The smallest absolute Gasteiger partial charge is 0.139 e. The van der Waals surface area contributed by atoms with Crippen LogP contribution in [0.4, 0.5) is 0 Å². The molecule has 2 atom stereocenters. The van der Waals surface area contributed by atoms with Gasteiger partial charge in [-0.05, 0) is 42.0 Å². The summed E-state index contributed by atoms with van der Waals surface area (Å²) >= 11 is 0. The molecule has 0 fully saturated rings. The fraction of sp³-hybridized carbons (Fsp3) is 0.286. The van der Waals surface area contributed by atoms with Gasteiger partial charge in [-0.3, -0.25) is 0 Å². The van der Waals surface area contributed by atoms with Crippen LogP contribution in [0.25, 0.3) is 17.1 Å². The van der Waals surface area contributed by atoms with Crippen LogP contribution in [0.3, 0.4) is 0 Å². The summed E-state index contributed by atoms with van der Waals surface area (Å²) in [6.45, 7) is 0.421. The molecular formula is C21H21N3O2. The second kappa shape index (κ2) is 7.22. The lowest BCUT2D eigenvalue weighted by Crippen LogP contribution is -2.21. The van der Waals surface area contributed by atoms with Crippen molar-refractivity contribution in [2.75, 3.05) is 0 Å². The van der Waals surface area contributed by atoms with Crippen LogP contribution in [0.15, 0.2) is 59.8 Å². The summed E-state index contributed by atoms with van der Waals surface area (Å²) in [4.78, 5) is 15.3. The standard InChI is InChI=1S/C21H21N3O2/c25-17(12-16-8-5-7-15-6-1-2-9-18(15)16)14-24-20-11-4-3-10-19(20)23-21(24)13-22-26/h1-7,9-11,16-17,25H,8,12-14H2. The Morgan fingerprint density at radius 2 is 2.00 bits per heavy atom. The lowest BCUT2D eigenvalue weighted by Gasteiger charge is -2.24. The zero-order chi connectivity index (χ0) is 17.9. The first-order valence-electron chi connectivity index (χ1n) is 8.93. The molecule has 2 unspecified atom stereocenters. The number of benzene rings is 2. The summed E-state index contributed by atoms with van der Waals surface area (Å²) < 4.78 is 1.92. The van der Waals surface area contributed by atoms with Gasteiger partial charge in [0.05, 0.1) is 23.7 Å². The molecule has 0 radical (unpaired) electrons. The molecule has 26 heavy (non-hydrogen) atoms. The van der Waals surface area contributed by atoms with Gasteiger partial charge in [-0.15, -0.1) is 0 Å². The van der Waals surface area contributed by atoms with Crippen molar-refractivity contribution in [3.05, 3.63) is 76.5 Å². The average Bonchev–Trinajstić information content (AvgIpc) is 3.00. The summed E-state index contributed by atoms with van der Waals surface area (Å²) in [6, 6.07) is 16.1. The van der Waals surface area contributed by atoms with E-state index in [0.29, 0.717) is 24.7 Å². The second-order valence-electron chi connectivity index (χ2n) is 6.77. The first kappa shape index (κ1) is 16.7. The normalized spacial score (nSPS) is 17.2. The molecule has 1 heterocycles. The maximum Gasteiger partial charge on any atom is 0.139 e. The minimum absolute atomic E-state index is 0.0103. The number of hydrogen-bond acceptors (Lipinski definition) is 4. The number of fused-ring (bicyclic) bond motifs is 2. The molecule has 3 aromatic rings. The highest BCUT2D eigenvalue weighted by atomic mass is 16.3. The Hall–Kier alpha value is -2.79. The number of nitrogens with zero attached hydrogens (tertiary/aromatic N) is 3. The molecule has 1 aliphatic rings. The van der Waals surface area contributed by atoms with Crippen LogP contribution in [-0.2, 0) is 13.1 Å². The van der Waals surface area contributed by atoms with Gasteiger partial charge in [-0.2, -0.15) is 4.91 Å². The summed E-state index contributed by atoms with van der Waals surface area (Å²) in [5.41, 5.74) is 4.27. The molecular weight excluding hydrogens is 326 g/mol. The molecule has 132 valence electrons. The highest BCUT2D eigenvalue weighted by molar-refractivity contribution is 5.75. The van der Waals surface area contributed by atoms with Crippen molar-refractivity contribution in [1.29, 1.82) is 0 Å². The van der Waals surface area contributed by atoms with Gasteiger partial charge >= 0.3 is 0 Å². The lowest BCUT2D eigenvalue weighted by atomic mass is 9.83. The van der Waals surface area contributed by atoms with Gasteiger partial charge in [0, 0.05) is 0 Å². The molecule has 1 aliphatic carbocycles. The second-order valence-corrected chi connectivity index (χ2v) is 6.77. The van der Waals surface area contributed by atoms with Crippen molar-refractivity contribution in [1.82, 2.24) is 9.55 Å². The van der Waals surface area contributed by atoms with Crippen molar-refractivity contribution in [3.8, 4) is 0 Å². The summed E-state index contributed by atoms with van der Waals surface area (Å²) in [5, 5.41) is 13.8.